The summed E-state index contributed by atoms with van der Waals surface area (Å²) in [4.78, 5) is 38.2. The first-order valence-corrected chi connectivity index (χ1v) is 12.5. The monoisotopic (exact) mass is 491 g/mol. The maximum absolute atomic E-state index is 13.5. The number of rotatable bonds is 6. The van der Waals surface area contributed by atoms with Gasteiger partial charge in [0.05, 0.1) is 17.0 Å². The smallest absolute Gasteiger partial charge is 0.283 e. The number of fused-ring (bicyclic) bond motifs is 1. The maximum Gasteiger partial charge on any atom is 0.283 e. The van der Waals surface area contributed by atoms with E-state index < -0.39 is 0 Å². The first-order chi connectivity index (χ1) is 17.0. The molecular formula is C26H26FN5O2S. The van der Waals surface area contributed by atoms with Gasteiger partial charge in [0, 0.05) is 38.4 Å². The lowest BCUT2D eigenvalue weighted by Gasteiger charge is -2.34. The summed E-state index contributed by atoms with van der Waals surface area (Å²) >= 11 is 1.23. The summed E-state index contributed by atoms with van der Waals surface area (Å²) in [5, 5.41) is 0.407. The molecule has 1 amide bonds. The first kappa shape index (κ1) is 23.3. The number of hydrogen-bond donors (Lipinski definition) is 1. The number of nitrogens with one attached hydrogen (secondary N) is 1. The summed E-state index contributed by atoms with van der Waals surface area (Å²) in [7, 11) is 0. The minimum atomic E-state index is -0.387. The second kappa shape index (κ2) is 10.1. The Labute approximate surface area is 206 Å². The number of thioether (sulfide) groups is 1. The number of carbonyl (C=O) groups is 1. The third kappa shape index (κ3) is 5.16. The number of amides is 1. The van der Waals surface area contributed by atoms with Gasteiger partial charge in [0.25, 0.3) is 5.56 Å². The van der Waals surface area contributed by atoms with Crippen molar-refractivity contribution in [2.75, 3.05) is 31.9 Å². The summed E-state index contributed by atoms with van der Waals surface area (Å²) < 4.78 is 14.9. The number of aromatic nitrogens is 3. The molecule has 5 rings (SSSR count). The quantitative estimate of drug-likeness (QED) is 0.330. The van der Waals surface area contributed by atoms with E-state index in [0.717, 1.165) is 25.3 Å². The molecule has 0 radical (unpaired) electrons. The van der Waals surface area contributed by atoms with Crippen LogP contribution in [0.2, 0.25) is 0 Å². The molecule has 4 aromatic rings. The van der Waals surface area contributed by atoms with E-state index in [9.17, 15) is 14.0 Å². The number of benzene rings is 2. The fourth-order valence-corrected chi connectivity index (χ4v) is 5.22. The van der Waals surface area contributed by atoms with Crippen LogP contribution in [0, 0.1) is 12.7 Å². The van der Waals surface area contributed by atoms with Crippen molar-refractivity contribution < 1.29 is 9.18 Å². The Hall–Kier alpha value is -3.43. The first-order valence-electron chi connectivity index (χ1n) is 11.5. The lowest BCUT2D eigenvalue weighted by molar-refractivity contribution is -0.130. The van der Waals surface area contributed by atoms with Gasteiger partial charge in [-0.2, -0.15) is 0 Å². The standard InChI is InChI=1S/C26H26FN5O2S/c1-18-15-22-24(28-18)25(34)32(21-9-7-20(27)8-10-21)26(29-22)35-17-23(33)31-13-11-30(12-14-31)16-19-5-3-2-4-6-19/h2-10,15,28H,11-14,16-17H2,1H3. The van der Waals surface area contributed by atoms with Crippen molar-refractivity contribution in [1.82, 2.24) is 24.3 Å². The van der Waals surface area contributed by atoms with Gasteiger partial charge in [-0.25, -0.2) is 9.37 Å². The van der Waals surface area contributed by atoms with Gasteiger partial charge in [-0.15, -0.1) is 0 Å². The van der Waals surface area contributed by atoms with Crippen LogP contribution in [0.3, 0.4) is 0 Å². The van der Waals surface area contributed by atoms with Crippen molar-refractivity contribution in [3.63, 3.8) is 0 Å². The summed E-state index contributed by atoms with van der Waals surface area (Å²) in [5.41, 5.74) is 3.25. The van der Waals surface area contributed by atoms with E-state index in [1.165, 1.54) is 46.2 Å². The van der Waals surface area contributed by atoms with Crippen LogP contribution in [-0.2, 0) is 11.3 Å². The topological polar surface area (TPSA) is 74.2 Å². The number of carbonyl (C=O) groups excluding carboxylic acids is 1. The normalized spacial score (nSPS) is 14.5. The van der Waals surface area contributed by atoms with Crippen LogP contribution in [0.4, 0.5) is 4.39 Å². The third-order valence-corrected chi connectivity index (χ3v) is 7.06. The van der Waals surface area contributed by atoms with Gasteiger partial charge in [-0.3, -0.25) is 19.1 Å². The highest BCUT2D eigenvalue weighted by molar-refractivity contribution is 7.99. The third-order valence-electron chi connectivity index (χ3n) is 6.14. The zero-order valence-corrected chi connectivity index (χ0v) is 20.2. The molecule has 2 aromatic carbocycles. The largest absolute Gasteiger partial charge is 0.353 e. The van der Waals surface area contributed by atoms with Crippen LogP contribution in [0.5, 0.6) is 0 Å². The molecule has 0 spiro atoms. The van der Waals surface area contributed by atoms with Crippen molar-refractivity contribution in [1.29, 1.82) is 0 Å². The predicted molar refractivity (Wildman–Crippen MR) is 135 cm³/mol. The van der Waals surface area contributed by atoms with E-state index in [1.807, 2.05) is 36.1 Å². The van der Waals surface area contributed by atoms with Gasteiger partial charge < -0.3 is 9.88 Å². The van der Waals surface area contributed by atoms with Crippen molar-refractivity contribution in [3.05, 3.63) is 88.1 Å². The number of aryl methyl sites for hydroxylation is 1. The number of piperazine rings is 1. The van der Waals surface area contributed by atoms with Crippen molar-refractivity contribution in [2.45, 2.75) is 18.6 Å². The van der Waals surface area contributed by atoms with Crippen LogP contribution < -0.4 is 5.56 Å². The zero-order valence-electron chi connectivity index (χ0n) is 19.4. The molecule has 35 heavy (non-hydrogen) atoms. The highest BCUT2D eigenvalue weighted by atomic mass is 32.2. The van der Waals surface area contributed by atoms with Gasteiger partial charge in [-0.1, -0.05) is 42.1 Å². The van der Waals surface area contributed by atoms with Crippen molar-refractivity contribution in [3.8, 4) is 5.69 Å². The molecule has 1 aliphatic heterocycles. The lowest BCUT2D eigenvalue weighted by atomic mass is 10.2. The molecule has 0 aliphatic carbocycles. The summed E-state index contributed by atoms with van der Waals surface area (Å²) in [5.74, 6) is -0.205. The zero-order chi connectivity index (χ0) is 24.4. The second-order valence-corrected chi connectivity index (χ2v) is 9.60. The number of halogens is 1. The van der Waals surface area contributed by atoms with Crippen LogP contribution in [-0.4, -0.2) is 62.2 Å². The molecule has 1 N–H and O–H groups in total. The summed E-state index contributed by atoms with van der Waals surface area (Å²) in [6, 6.07) is 17.8. The fourth-order valence-electron chi connectivity index (χ4n) is 4.31. The van der Waals surface area contributed by atoms with Crippen LogP contribution >= 0.6 is 11.8 Å². The van der Waals surface area contributed by atoms with E-state index >= 15 is 0 Å². The molecule has 1 saturated heterocycles. The molecule has 0 atom stereocenters. The molecule has 0 bridgehead atoms. The van der Waals surface area contributed by atoms with Crippen LogP contribution in [0.15, 0.2) is 70.6 Å². The number of hydrogen-bond acceptors (Lipinski definition) is 5. The Morgan fingerprint density at radius 1 is 1.06 bits per heavy atom. The maximum atomic E-state index is 13.5. The van der Waals surface area contributed by atoms with Crippen molar-refractivity contribution in [2.24, 2.45) is 0 Å². The Bertz CT molecular complexity index is 1390. The van der Waals surface area contributed by atoms with Gasteiger partial charge in [0.2, 0.25) is 5.91 Å². The van der Waals surface area contributed by atoms with E-state index in [0.29, 0.717) is 35.0 Å². The fraction of sp³-hybridized carbons (Fsp3) is 0.269. The molecule has 1 fully saturated rings. The molecule has 1 aliphatic rings. The van der Waals surface area contributed by atoms with E-state index in [1.54, 1.807) is 0 Å². The van der Waals surface area contributed by atoms with Gasteiger partial charge in [0.1, 0.15) is 11.3 Å². The second-order valence-electron chi connectivity index (χ2n) is 8.66. The molecule has 3 heterocycles. The van der Waals surface area contributed by atoms with E-state index in [2.05, 4.69) is 27.0 Å². The summed E-state index contributed by atoms with van der Waals surface area (Å²) in [6.07, 6.45) is 0. The Morgan fingerprint density at radius 2 is 1.77 bits per heavy atom. The highest BCUT2D eigenvalue weighted by Crippen LogP contribution is 2.23. The van der Waals surface area contributed by atoms with E-state index in [4.69, 9.17) is 0 Å². The molecule has 2 aromatic heterocycles. The van der Waals surface area contributed by atoms with Crippen LogP contribution in [0.25, 0.3) is 16.7 Å². The number of nitrogens with zero attached hydrogens (tertiary/aromatic N) is 4. The predicted octanol–water partition coefficient (Wildman–Crippen LogP) is 3.60. The Kier molecular flexibility index (Phi) is 6.70. The van der Waals surface area contributed by atoms with Gasteiger partial charge in [-0.05, 0) is 42.8 Å². The average Bonchev–Trinajstić information content (AvgIpc) is 3.25. The van der Waals surface area contributed by atoms with E-state index in [-0.39, 0.29) is 23.0 Å². The number of aromatic amines is 1. The average molecular weight is 492 g/mol. The van der Waals surface area contributed by atoms with Gasteiger partial charge >= 0.3 is 0 Å². The SMILES string of the molecule is Cc1cc2nc(SCC(=O)N3CCN(Cc4ccccc4)CC3)n(-c3ccc(F)cc3)c(=O)c2[nH]1. The minimum absolute atomic E-state index is 0.0135. The van der Waals surface area contributed by atoms with Gasteiger partial charge in [0.15, 0.2) is 5.16 Å². The lowest BCUT2D eigenvalue weighted by Crippen LogP contribution is -2.48. The number of H-pyrrole nitrogens is 1. The molecular weight excluding hydrogens is 465 g/mol. The molecule has 180 valence electrons. The molecule has 0 saturated carbocycles. The highest BCUT2D eigenvalue weighted by Gasteiger charge is 2.23. The molecule has 9 heteroatoms. The summed E-state index contributed by atoms with van der Waals surface area (Å²) in [6.45, 7) is 5.70. The minimum Gasteiger partial charge on any atom is -0.353 e. The van der Waals surface area contributed by atoms with Crippen LogP contribution in [0.1, 0.15) is 11.3 Å². The Balaban J connectivity index is 1.30. The molecule has 7 nitrogen and oxygen atoms in total. The Morgan fingerprint density at radius 3 is 2.49 bits per heavy atom. The molecule has 0 unspecified atom stereocenters. The van der Waals surface area contributed by atoms with Crippen molar-refractivity contribution >= 4 is 28.7 Å².